The standard InChI is InChI=1S/C14H17F2NO5/c1-21-10-6-5-9(8-11(10)22-14(15)16)13(20)17-7-3-2-4-12(18)19/h5-6,8,14H,2-4,7H2,1H3,(H,17,20)(H,18,19). The number of aliphatic carboxylic acids is 1. The smallest absolute Gasteiger partial charge is 0.387 e. The maximum Gasteiger partial charge on any atom is 0.387 e. The number of carbonyl (C=O) groups is 2. The van der Waals surface area contributed by atoms with E-state index in [0.717, 1.165) is 6.07 Å². The van der Waals surface area contributed by atoms with E-state index in [1.807, 2.05) is 0 Å². The van der Waals surface area contributed by atoms with E-state index < -0.39 is 18.5 Å². The number of methoxy groups -OCH3 is 1. The molecular weight excluding hydrogens is 300 g/mol. The average Bonchev–Trinajstić information content (AvgIpc) is 2.45. The van der Waals surface area contributed by atoms with Gasteiger partial charge in [0.1, 0.15) is 0 Å². The van der Waals surface area contributed by atoms with Gasteiger partial charge in [-0.2, -0.15) is 8.78 Å². The Kier molecular flexibility index (Phi) is 7.07. The monoisotopic (exact) mass is 317 g/mol. The highest BCUT2D eigenvalue weighted by molar-refractivity contribution is 5.94. The minimum absolute atomic E-state index is 0.0325. The molecule has 0 saturated heterocycles. The molecule has 0 fully saturated rings. The fourth-order valence-corrected chi connectivity index (χ4v) is 1.71. The average molecular weight is 317 g/mol. The molecule has 2 N–H and O–H groups in total. The summed E-state index contributed by atoms with van der Waals surface area (Å²) in [6, 6.07) is 3.94. The summed E-state index contributed by atoms with van der Waals surface area (Å²) in [4.78, 5) is 22.2. The van der Waals surface area contributed by atoms with Crippen molar-refractivity contribution < 1.29 is 33.0 Å². The van der Waals surface area contributed by atoms with Crippen molar-refractivity contribution in [2.24, 2.45) is 0 Å². The first-order valence-corrected chi connectivity index (χ1v) is 6.57. The number of unbranched alkanes of at least 4 members (excludes halogenated alkanes) is 1. The lowest BCUT2D eigenvalue weighted by molar-refractivity contribution is -0.137. The normalized spacial score (nSPS) is 10.4. The van der Waals surface area contributed by atoms with Crippen molar-refractivity contribution in [3.63, 3.8) is 0 Å². The SMILES string of the molecule is COc1ccc(C(=O)NCCCCC(=O)O)cc1OC(F)F. The summed E-state index contributed by atoms with van der Waals surface area (Å²) in [6.07, 6.45) is 0.983. The van der Waals surface area contributed by atoms with Crippen molar-refractivity contribution >= 4 is 11.9 Å². The van der Waals surface area contributed by atoms with E-state index in [4.69, 9.17) is 9.84 Å². The van der Waals surface area contributed by atoms with Gasteiger partial charge in [0.05, 0.1) is 7.11 Å². The number of rotatable bonds is 9. The number of halogens is 2. The van der Waals surface area contributed by atoms with Crippen LogP contribution in [0.3, 0.4) is 0 Å². The molecule has 0 atom stereocenters. The summed E-state index contributed by atoms with van der Waals surface area (Å²) in [7, 11) is 1.30. The Morgan fingerprint density at radius 2 is 2.00 bits per heavy atom. The number of carboxylic acid groups (broad SMARTS) is 1. The van der Waals surface area contributed by atoms with Gasteiger partial charge in [0.25, 0.3) is 5.91 Å². The molecule has 22 heavy (non-hydrogen) atoms. The summed E-state index contributed by atoms with van der Waals surface area (Å²) < 4.78 is 33.8. The summed E-state index contributed by atoms with van der Waals surface area (Å²) >= 11 is 0. The molecule has 0 radical (unpaired) electrons. The molecule has 1 rings (SSSR count). The first kappa shape index (κ1) is 17.7. The van der Waals surface area contributed by atoms with Gasteiger partial charge in [-0.1, -0.05) is 0 Å². The van der Waals surface area contributed by atoms with Crippen molar-refractivity contribution in [1.29, 1.82) is 0 Å². The molecule has 1 aromatic carbocycles. The second kappa shape index (κ2) is 8.81. The molecule has 0 aliphatic rings. The van der Waals surface area contributed by atoms with Crippen LogP contribution in [0, 0.1) is 0 Å². The summed E-state index contributed by atoms with van der Waals surface area (Å²) in [5, 5.41) is 11.1. The van der Waals surface area contributed by atoms with Crippen LogP contribution in [0.4, 0.5) is 8.78 Å². The number of hydrogen-bond acceptors (Lipinski definition) is 4. The predicted octanol–water partition coefficient (Wildman–Crippen LogP) is 2.28. The van der Waals surface area contributed by atoms with Gasteiger partial charge >= 0.3 is 12.6 Å². The lowest BCUT2D eigenvalue weighted by atomic mass is 10.2. The maximum absolute atomic E-state index is 12.3. The van der Waals surface area contributed by atoms with Crippen LogP contribution < -0.4 is 14.8 Å². The number of ether oxygens (including phenoxy) is 2. The highest BCUT2D eigenvalue weighted by Crippen LogP contribution is 2.29. The van der Waals surface area contributed by atoms with Crippen LogP contribution in [0.5, 0.6) is 11.5 Å². The van der Waals surface area contributed by atoms with Gasteiger partial charge < -0.3 is 19.9 Å². The molecule has 0 bridgehead atoms. The van der Waals surface area contributed by atoms with Crippen molar-refractivity contribution in [1.82, 2.24) is 5.32 Å². The van der Waals surface area contributed by atoms with Gasteiger partial charge in [-0.3, -0.25) is 9.59 Å². The predicted molar refractivity (Wildman–Crippen MR) is 73.4 cm³/mol. The highest BCUT2D eigenvalue weighted by Gasteiger charge is 2.14. The topological polar surface area (TPSA) is 84.9 Å². The summed E-state index contributed by atoms with van der Waals surface area (Å²) in [6.45, 7) is -2.73. The molecular formula is C14H17F2NO5. The first-order valence-electron chi connectivity index (χ1n) is 6.57. The fourth-order valence-electron chi connectivity index (χ4n) is 1.71. The maximum atomic E-state index is 12.3. The van der Waals surface area contributed by atoms with Crippen LogP contribution in [0.25, 0.3) is 0 Å². The minimum atomic E-state index is -3.02. The Bertz CT molecular complexity index is 522. The molecule has 0 aliphatic carbocycles. The molecule has 0 spiro atoms. The van der Waals surface area contributed by atoms with E-state index in [-0.39, 0.29) is 23.5 Å². The van der Waals surface area contributed by atoms with Crippen molar-refractivity contribution in [3.8, 4) is 11.5 Å². The van der Waals surface area contributed by atoms with Crippen LogP contribution >= 0.6 is 0 Å². The molecule has 0 aromatic heterocycles. The van der Waals surface area contributed by atoms with Gasteiger partial charge in [-0.05, 0) is 31.0 Å². The van der Waals surface area contributed by atoms with Gasteiger partial charge in [-0.15, -0.1) is 0 Å². The zero-order chi connectivity index (χ0) is 16.5. The van der Waals surface area contributed by atoms with E-state index >= 15 is 0 Å². The van der Waals surface area contributed by atoms with E-state index in [1.165, 1.54) is 19.2 Å². The Hall–Kier alpha value is -2.38. The van der Waals surface area contributed by atoms with Gasteiger partial charge in [0, 0.05) is 18.5 Å². The summed E-state index contributed by atoms with van der Waals surface area (Å²) in [5.74, 6) is -1.48. The zero-order valence-corrected chi connectivity index (χ0v) is 12.0. The van der Waals surface area contributed by atoms with Crippen molar-refractivity contribution in [2.75, 3.05) is 13.7 Å². The van der Waals surface area contributed by atoms with Crippen LogP contribution in [-0.4, -0.2) is 37.2 Å². The number of amides is 1. The van der Waals surface area contributed by atoms with Crippen molar-refractivity contribution in [3.05, 3.63) is 23.8 Å². The van der Waals surface area contributed by atoms with Gasteiger partial charge in [-0.25, -0.2) is 0 Å². The second-order valence-electron chi connectivity index (χ2n) is 4.35. The number of carboxylic acids is 1. The largest absolute Gasteiger partial charge is 0.493 e. The first-order chi connectivity index (χ1) is 10.4. The number of hydrogen-bond donors (Lipinski definition) is 2. The fraction of sp³-hybridized carbons (Fsp3) is 0.429. The number of carbonyl (C=O) groups excluding carboxylic acids is 1. The highest BCUT2D eigenvalue weighted by atomic mass is 19.3. The number of alkyl halides is 2. The third-order valence-electron chi connectivity index (χ3n) is 2.74. The zero-order valence-electron chi connectivity index (χ0n) is 12.0. The summed E-state index contributed by atoms with van der Waals surface area (Å²) in [5.41, 5.74) is 0.148. The van der Waals surface area contributed by atoms with E-state index in [1.54, 1.807) is 0 Å². The van der Waals surface area contributed by atoms with E-state index in [9.17, 15) is 18.4 Å². The Morgan fingerprint density at radius 1 is 1.27 bits per heavy atom. The van der Waals surface area contributed by atoms with Crippen LogP contribution in [0.15, 0.2) is 18.2 Å². The Labute approximate surface area is 126 Å². The number of benzene rings is 1. The molecule has 1 amide bonds. The van der Waals surface area contributed by atoms with Gasteiger partial charge in [0.15, 0.2) is 11.5 Å². The lowest BCUT2D eigenvalue weighted by Gasteiger charge is -2.11. The Morgan fingerprint density at radius 3 is 2.59 bits per heavy atom. The minimum Gasteiger partial charge on any atom is -0.493 e. The molecule has 0 aliphatic heterocycles. The molecule has 0 heterocycles. The third-order valence-corrected chi connectivity index (χ3v) is 2.74. The van der Waals surface area contributed by atoms with Gasteiger partial charge in [0.2, 0.25) is 0 Å². The van der Waals surface area contributed by atoms with E-state index in [2.05, 4.69) is 10.1 Å². The quantitative estimate of drug-likeness (QED) is 0.683. The van der Waals surface area contributed by atoms with Crippen molar-refractivity contribution in [2.45, 2.75) is 25.9 Å². The molecule has 122 valence electrons. The van der Waals surface area contributed by atoms with E-state index in [0.29, 0.717) is 19.4 Å². The molecule has 0 unspecified atom stereocenters. The molecule has 0 saturated carbocycles. The lowest BCUT2D eigenvalue weighted by Crippen LogP contribution is -2.24. The van der Waals surface area contributed by atoms with Crippen LogP contribution in [0.1, 0.15) is 29.6 Å². The van der Waals surface area contributed by atoms with Crippen LogP contribution in [-0.2, 0) is 4.79 Å². The molecule has 8 heteroatoms. The number of nitrogens with one attached hydrogen (secondary N) is 1. The third kappa shape index (κ3) is 5.94. The second-order valence-corrected chi connectivity index (χ2v) is 4.35. The Balaban J connectivity index is 2.59. The molecule has 6 nitrogen and oxygen atoms in total. The molecule has 1 aromatic rings. The van der Waals surface area contributed by atoms with Crippen LogP contribution in [0.2, 0.25) is 0 Å².